The van der Waals surface area contributed by atoms with Crippen molar-refractivity contribution in [3.63, 3.8) is 0 Å². The molecule has 0 aliphatic rings. The summed E-state index contributed by atoms with van der Waals surface area (Å²) in [4.78, 5) is 0. The van der Waals surface area contributed by atoms with Crippen molar-refractivity contribution in [3.8, 4) is 0 Å². The molecule has 7 nitrogen and oxygen atoms in total. The van der Waals surface area contributed by atoms with E-state index in [2.05, 4.69) is 26.3 Å². The Morgan fingerprint density at radius 3 is 1.41 bits per heavy atom. The Labute approximate surface area is 173 Å². The molecule has 0 unspecified atom stereocenters. The van der Waals surface area contributed by atoms with Crippen LogP contribution in [0, 0.1) is 0 Å². The molecule has 0 spiro atoms. The molecule has 0 saturated heterocycles. The van der Waals surface area contributed by atoms with Crippen LogP contribution in [0.15, 0.2) is 74.9 Å². The van der Waals surface area contributed by atoms with Crippen LogP contribution in [0.5, 0.6) is 0 Å². The molecule has 0 fully saturated rings. The Hall–Kier alpha value is -1.72. The Bertz CT molecular complexity index is 704. The van der Waals surface area contributed by atoms with E-state index in [0.717, 1.165) is 0 Å². The van der Waals surface area contributed by atoms with Gasteiger partial charge in [0.2, 0.25) is 0 Å². The van der Waals surface area contributed by atoms with Gasteiger partial charge < -0.3 is 23.8 Å². The molecule has 2 N–H and O–H groups in total. The second kappa shape index (κ2) is 12.8. The van der Waals surface area contributed by atoms with E-state index in [9.17, 15) is 9.13 Å². The first kappa shape index (κ1) is 25.3. The monoisotopic (exact) mass is 441 g/mol. The van der Waals surface area contributed by atoms with Gasteiger partial charge in [0.25, 0.3) is 0 Å². The highest BCUT2D eigenvalue weighted by Gasteiger charge is 2.50. The molecule has 0 saturated carbocycles. The Kier molecular flexibility index (Phi) is 11.1. The van der Waals surface area contributed by atoms with Gasteiger partial charge in [0, 0.05) is 5.69 Å². The molecule has 160 valence electrons. The van der Waals surface area contributed by atoms with E-state index in [0.29, 0.717) is 11.3 Å². The minimum Gasteiger partial charge on any atom is -0.399 e. The van der Waals surface area contributed by atoms with Gasteiger partial charge in [-0.1, -0.05) is 36.4 Å². The third-order valence-corrected chi connectivity index (χ3v) is 9.18. The number of rotatable bonds is 16. The predicted octanol–water partition coefficient (Wildman–Crippen LogP) is 5.33. The average Bonchev–Trinajstić information content (AvgIpc) is 2.73. The number of nitrogens with two attached hydrogens (primary N) is 1. The third kappa shape index (κ3) is 7.90. The maximum atomic E-state index is 13.7. The van der Waals surface area contributed by atoms with Crippen molar-refractivity contribution in [1.82, 2.24) is 0 Å². The maximum absolute atomic E-state index is 13.7. The molecule has 0 amide bonds. The Morgan fingerprint density at radius 1 is 0.759 bits per heavy atom. The third-order valence-electron chi connectivity index (χ3n) is 3.62. The highest BCUT2D eigenvalue weighted by Crippen LogP contribution is 2.71. The van der Waals surface area contributed by atoms with E-state index in [1.54, 1.807) is 24.3 Å². The van der Waals surface area contributed by atoms with Crippen LogP contribution in [0.25, 0.3) is 0 Å². The first-order chi connectivity index (χ1) is 13.8. The van der Waals surface area contributed by atoms with Gasteiger partial charge in [-0.05, 0) is 24.1 Å². The van der Waals surface area contributed by atoms with Gasteiger partial charge in [-0.25, -0.2) is 0 Å². The lowest BCUT2D eigenvalue weighted by Crippen LogP contribution is -2.20. The lowest BCUT2D eigenvalue weighted by Gasteiger charge is -2.31. The Balaban J connectivity index is 3.46. The van der Waals surface area contributed by atoms with Gasteiger partial charge in [-0.2, -0.15) is 0 Å². The molecule has 0 radical (unpaired) electrons. The highest BCUT2D eigenvalue weighted by molar-refractivity contribution is 7.72. The fraction of sp³-hybridized carbons (Fsp3) is 0.300. The molecular formula is C20H29NO6P2. The minimum absolute atomic E-state index is 0.0391. The lowest BCUT2D eigenvalue weighted by molar-refractivity contribution is 0.210. The quantitative estimate of drug-likeness (QED) is 0.210. The van der Waals surface area contributed by atoms with Crippen LogP contribution in [0.2, 0.25) is 0 Å². The normalized spacial score (nSPS) is 11.9. The summed E-state index contributed by atoms with van der Waals surface area (Å²) in [5, 5.41) is -1.24. The Morgan fingerprint density at radius 2 is 1.10 bits per heavy atom. The summed E-state index contributed by atoms with van der Waals surface area (Å²) in [6, 6.07) is 6.84. The zero-order valence-corrected chi connectivity index (χ0v) is 18.3. The van der Waals surface area contributed by atoms with Crippen LogP contribution >= 0.6 is 15.2 Å². The molecule has 29 heavy (non-hydrogen) atoms. The summed E-state index contributed by atoms with van der Waals surface area (Å²) in [6.07, 6.45) is 5.72. The predicted molar refractivity (Wildman–Crippen MR) is 118 cm³/mol. The van der Waals surface area contributed by atoms with E-state index in [1.807, 2.05) is 0 Å². The van der Waals surface area contributed by atoms with E-state index in [-0.39, 0.29) is 32.8 Å². The van der Waals surface area contributed by atoms with Crippen molar-refractivity contribution in [2.24, 2.45) is 0 Å². The van der Waals surface area contributed by atoms with Crippen molar-refractivity contribution in [3.05, 3.63) is 80.4 Å². The zero-order chi connectivity index (χ0) is 21.8. The standard InChI is InChI=1S/C20H29NO6P2/c1-5-13-24-28(22,25-14-6-2)20(17-18-9-11-19(21)12-10-18)29(23,26-15-7-3)27-16-8-4/h5-12,20H,1-4,13-17,21H2. The first-order valence-electron chi connectivity index (χ1n) is 8.90. The number of hydrogen-bond donors (Lipinski definition) is 1. The van der Waals surface area contributed by atoms with Gasteiger partial charge in [0.1, 0.15) is 0 Å². The molecule has 1 aromatic rings. The second-order valence-electron chi connectivity index (χ2n) is 5.84. The van der Waals surface area contributed by atoms with Gasteiger partial charge >= 0.3 is 15.2 Å². The highest BCUT2D eigenvalue weighted by atomic mass is 31.2. The van der Waals surface area contributed by atoms with Crippen molar-refractivity contribution < 1.29 is 27.2 Å². The molecule has 0 bridgehead atoms. The van der Waals surface area contributed by atoms with Crippen LogP contribution in [0.3, 0.4) is 0 Å². The van der Waals surface area contributed by atoms with Gasteiger partial charge in [-0.15, -0.1) is 26.3 Å². The topological polar surface area (TPSA) is 97.1 Å². The van der Waals surface area contributed by atoms with Gasteiger partial charge in [0.05, 0.1) is 26.4 Å². The van der Waals surface area contributed by atoms with Crippen LogP contribution in [-0.4, -0.2) is 31.8 Å². The largest absolute Gasteiger partial charge is 0.399 e. The van der Waals surface area contributed by atoms with Crippen molar-refractivity contribution in [2.45, 2.75) is 11.8 Å². The molecule has 0 atom stereocenters. The molecule has 9 heteroatoms. The summed E-state index contributed by atoms with van der Waals surface area (Å²) in [5.74, 6) is 0. The van der Waals surface area contributed by atoms with E-state index in [4.69, 9.17) is 23.8 Å². The number of nitrogen functional groups attached to an aromatic ring is 1. The number of anilines is 1. The van der Waals surface area contributed by atoms with E-state index in [1.165, 1.54) is 24.3 Å². The summed E-state index contributed by atoms with van der Waals surface area (Å²) >= 11 is 0. The zero-order valence-electron chi connectivity index (χ0n) is 16.5. The van der Waals surface area contributed by atoms with Crippen LogP contribution in [0.4, 0.5) is 5.69 Å². The van der Waals surface area contributed by atoms with Crippen LogP contribution in [0.1, 0.15) is 5.56 Å². The summed E-state index contributed by atoms with van der Waals surface area (Å²) in [7, 11) is -7.99. The average molecular weight is 441 g/mol. The minimum atomic E-state index is -4.00. The summed E-state index contributed by atoms with van der Waals surface area (Å²) in [6.45, 7) is 14.0. The van der Waals surface area contributed by atoms with Crippen molar-refractivity contribution in [1.29, 1.82) is 0 Å². The lowest BCUT2D eigenvalue weighted by atomic mass is 10.1. The molecule has 0 aromatic heterocycles. The SMILES string of the molecule is C=CCOP(=O)(OCC=C)C(Cc1ccc(N)cc1)P(=O)(OCC=C)OCC=C. The van der Waals surface area contributed by atoms with E-state index < -0.39 is 20.6 Å². The first-order valence-corrected chi connectivity index (χ1v) is 12.1. The fourth-order valence-electron chi connectivity index (χ4n) is 2.31. The number of hydrogen-bond acceptors (Lipinski definition) is 7. The molecule has 0 heterocycles. The smallest absolute Gasteiger partial charge is 0.346 e. The molecular weight excluding hydrogens is 412 g/mol. The molecule has 1 rings (SSSR count). The molecule has 0 aliphatic carbocycles. The summed E-state index contributed by atoms with van der Waals surface area (Å²) < 4.78 is 49.5. The molecule has 1 aromatic carbocycles. The van der Waals surface area contributed by atoms with Crippen LogP contribution < -0.4 is 5.73 Å². The van der Waals surface area contributed by atoms with Gasteiger partial charge in [-0.3, -0.25) is 9.13 Å². The van der Waals surface area contributed by atoms with Crippen molar-refractivity contribution in [2.75, 3.05) is 32.2 Å². The maximum Gasteiger partial charge on any atom is 0.346 e. The van der Waals surface area contributed by atoms with Crippen LogP contribution in [-0.2, 0) is 33.6 Å². The van der Waals surface area contributed by atoms with Crippen molar-refractivity contribution >= 4 is 20.9 Å². The fourth-order valence-corrected chi connectivity index (χ4v) is 7.45. The van der Waals surface area contributed by atoms with E-state index >= 15 is 0 Å². The summed E-state index contributed by atoms with van der Waals surface area (Å²) in [5.41, 5.74) is 7.01. The second-order valence-corrected chi connectivity index (χ2v) is 10.7. The number of benzene rings is 1. The van der Waals surface area contributed by atoms with Gasteiger partial charge in [0.15, 0.2) is 5.40 Å². The molecule has 0 aliphatic heterocycles.